The van der Waals surface area contributed by atoms with Crippen LogP contribution in [0.5, 0.6) is 0 Å². The topological polar surface area (TPSA) is 95.1 Å². The smallest absolute Gasteiger partial charge is 0.354 e. The molecule has 1 saturated carbocycles. The summed E-state index contributed by atoms with van der Waals surface area (Å²) in [4.78, 5) is 28.9. The Morgan fingerprint density at radius 1 is 1.38 bits per heavy atom. The molecule has 0 bridgehead atoms. The van der Waals surface area contributed by atoms with Crippen LogP contribution in [0.4, 0.5) is 0 Å². The van der Waals surface area contributed by atoms with Gasteiger partial charge in [-0.3, -0.25) is 4.79 Å². The predicted octanol–water partition coefficient (Wildman–Crippen LogP) is 2.29. The molecule has 21 heavy (non-hydrogen) atoms. The van der Waals surface area contributed by atoms with E-state index < -0.39 is 11.9 Å². The summed E-state index contributed by atoms with van der Waals surface area (Å²) in [5, 5.41) is 12.4. The van der Waals surface area contributed by atoms with Gasteiger partial charge in [-0.1, -0.05) is 19.3 Å². The highest BCUT2D eigenvalue weighted by Gasteiger charge is 2.19. The minimum absolute atomic E-state index is 0.0533. The Hall–Kier alpha value is -1.50. The fourth-order valence-corrected chi connectivity index (χ4v) is 3.78. The fraction of sp³-hybridized carbons (Fsp3) is 0.643. The number of aromatic amines is 1. The second-order valence-corrected chi connectivity index (χ2v) is 6.58. The van der Waals surface area contributed by atoms with Crippen molar-refractivity contribution in [2.45, 2.75) is 43.8 Å². The van der Waals surface area contributed by atoms with Crippen molar-refractivity contribution in [3.63, 3.8) is 0 Å². The molecular formula is C14H21N3O3S. The van der Waals surface area contributed by atoms with E-state index in [1.54, 1.807) is 0 Å². The largest absolute Gasteiger partial charge is 0.477 e. The average Bonchev–Trinajstić information content (AvgIpc) is 2.97. The van der Waals surface area contributed by atoms with Gasteiger partial charge in [-0.25, -0.2) is 9.78 Å². The zero-order valence-electron chi connectivity index (χ0n) is 11.9. The van der Waals surface area contributed by atoms with Gasteiger partial charge in [0.2, 0.25) is 0 Å². The quantitative estimate of drug-likeness (QED) is 0.672. The Kier molecular flexibility index (Phi) is 6.10. The van der Waals surface area contributed by atoms with E-state index in [1.807, 2.05) is 11.8 Å². The maximum absolute atomic E-state index is 11.8. The van der Waals surface area contributed by atoms with Crippen LogP contribution >= 0.6 is 11.8 Å². The second-order valence-electron chi connectivity index (χ2n) is 5.17. The summed E-state index contributed by atoms with van der Waals surface area (Å²) >= 11 is 1.99. The lowest BCUT2D eigenvalue weighted by atomic mass is 10.0. The molecule has 116 valence electrons. The van der Waals surface area contributed by atoms with Crippen molar-refractivity contribution in [2.75, 3.05) is 12.3 Å². The van der Waals surface area contributed by atoms with Crippen LogP contribution in [0.1, 0.15) is 59.5 Å². The summed E-state index contributed by atoms with van der Waals surface area (Å²) in [6, 6.07) is 0. The van der Waals surface area contributed by atoms with Crippen LogP contribution in [0.3, 0.4) is 0 Å². The van der Waals surface area contributed by atoms with E-state index in [9.17, 15) is 9.59 Å². The number of nitrogens with one attached hydrogen (secondary N) is 2. The van der Waals surface area contributed by atoms with Gasteiger partial charge in [0.1, 0.15) is 0 Å². The van der Waals surface area contributed by atoms with E-state index in [4.69, 9.17) is 5.11 Å². The standard InChI is InChI=1S/C14H21N3O3S/c18-13(11-12(14(19)20)17-9-16-11)15-7-4-8-21-10-5-2-1-3-6-10/h9-10H,1-8H2,(H,15,18)(H,16,17)(H,19,20). The number of aromatic carboxylic acids is 1. The van der Waals surface area contributed by atoms with Crippen LogP contribution in [0.15, 0.2) is 6.33 Å². The number of carboxylic acids is 1. The van der Waals surface area contributed by atoms with Gasteiger partial charge in [0.05, 0.1) is 6.33 Å². The van der Waals surface area contributed by atoms with Crippen molar-refractivity contribution < 1.29 is 14.7 Å². The number of imidazole rings is 1. The van der Waals surface area contributed by atoms with Crippen LogP contribution < -0.4 is 5.32 Å². The normalized spacial score (nSPS) is 15.8. The lowest BCUT2D eigenvalue weighted by molar-refractivity contribution is 0.0685. The highest BCUT2D eigenvalue weighted by Crippen LogP contribution is 2.28. The first-order valence-corrected chi connectivity index (χ1v) is 8.40. The Morgan fingerprint density at radius 3 is 2.86 bits per heavy atom. The number of thioether (sulfide) groups is 1. The summed E-state index contributed by atoms with van der Waals surface area (Å²) in [7, 11) is 0. The molecule has 0 atom stereocenters. The Labute approximate surface area is 128 Å². The van der Waals surface area contributed by atoms with E-state index in [2.05, 4.69) is 15.3 Å². The third-order valence-electron chi connectivity index (χ3n) is 3.58. The van der Waals surface area contributed by atoms with Crippen molar-refractivity contribution >= 4 is 23.6 Å². The first kappa shape index (κ1) is 15.9. The van der Waals surface area contributed by atoms with E-state index in [-0.39, 0.29) is 11.4 Å². The van der Waals surface area contributed by atoms with Crippen LogP contribution in [0, 0.1) is 0 Å². The number of H-pyrrole nitrogens is 1. The molecule has 6 nitrogen and oxygen atoms in total. The first-order chi connectivity index (χ1) is 10.2. The lowest BCUT2D eigenvalue weighted by Gasteiger charge is -2.20. The number of nitrogens with zero attached hydrogens (tertiary/aromatic N) is 1. The fourth-order valence-electron chi connectivity index (χ4n) is 2.47. The molecule has 1 aliphatic carbocycles. The second kappa shape index (κ2) is 8.07. The molecule has 0 aromatic carbocycles. The van der Waals surface area contributed by atoms with Crippen molar-refractivity contribution in [3.8, 4) is 0 Å². The number of rotatable bonds is 7. The molecule has 0 unspecified atom stereocenters. The molecule has 0 spiro atoms. The molecule has 1 aromatic rings. The van der Waals surface area contributed by atoms with Crippen molar-refractivity contribution in [1.29, 1.82) is 0 Å². The SMILES string of the molecule is O=C(NCCCSC1CCCCC1)c1nc[nH]c1C(=O)O. The molecule has 0 saturated heterocycles. The molecule has 1 aliphatic rings. The van der Waals surface area contributed by atoms with Gasteiger partial charge in [-0.2, -0.15) is 11.8 Å². The molecule has 1 aromatic heterocycles. The maximum atomic E-state index is 11.8. The molecule has 0 radical (unpaired) electrons. The number of carbonyl (C=O) groups excluding carboxylic acids is 1. The predicted molar refractivity (Wildman–Crippen MR) is 81.8 cm³/mol. The number of amides is 1. The van der Waals surface area contributed by atoms with E-state index in [0.29, 0.717) is 6.54 Å². The lowest BCUT2D eigenvalue weighted by Crippen LogP contribution is -2.27. The summed E-state index contributed by atoms with van der Waals surface area (Å²) in [6.45, 7) is 0.546. The Morgan fingerprint density at radius 2 is 2.14 bits per heavy atom. The zero-order valence-corrected chi connectivity index (χ0v) is 12.7. The molecule has 3 N–H and O–H groups in total. The van der Waals surface area contributed by atoms with Crippen LogP contribution in [-0.2, 0) is 0 Å². The van der Waals surface area contributed by atoms with Crippen LogP contribution in [0.25, 0.3) is 0 Å². The number of hydrogen-bond acceptors (Lipinski definition) is 4. The molecule has 1 fully saturated rings. The van der Waals surface area contributed by atoms with Gasteiger partial charge in [0.25, 0.3) is 5.91 Å². The number of carbonyl (C=O) groups is 2. The third-order valence-corrected chi connectivity index (χ3v) is 5.05. The average molecular weight is 311 g/mol. The van der Waals surface area contributed by atoms with Gasteiger partial charge < -0.3 is 15.4 Å². The highest BCUT2D eigenvalue weighted by atomic mass is 32.2. The Balaban J connectivity index is 1.65. The van der Waals surface area contributed by atoms with Gasteiger partial charge >= 0.3 is 5.97 Å². The molecule has 2 rings (SSSR count). The maximum Gasteiger partial charge on any atom is 0.354 e. The van der Waals surface area contributed by atoms with Crippen molar-refractivity contribution in [2.24, 2.45) is 0 Å². The van der Waals surface area contributed by atoms with Crippen molar-refractivity contribution in [3.05, 3.63) is 17.7 Å². The van der Waals surface area contributed by atoms with Crippen LogP contribution in [0.2, 0.25) is 0 Å². The van der Waals surface area contributed by atoms with Gasteiger partial charge in [0.15, 0.2) is 11.4 Å². The summed E-state index contributed by atoms with van der Waals surface area (Å²) in [6.07, 6.45) is 8.77. The molecule has 1 heterocycles. The summed E-state index contributed by atoms with van der Waals surface area (Å²) < 4.78 is 0. The van der Waals surface area contributed by atoms with E-state index in [0.717, 1.165) is 17.4 Å². The molecule has 0 aliphatic heterocycles. The zero-order chi connectivity index (χ0) is 15.1. The summed E-state index contributed by atoms with van der Waals surface area (Å²) in [5.41, 5.74) is -0.216. The number of hydrogen-bond donors (Lipinski definition) is 3. The van der Waals surface area contributed by atoms with Crippen LogP contribution in [-0.4, -0.2) is 44.5 Å². The van der Waals surface area contributed by atoms with Gasteiger partial charge in [-0.15, -0.1) is 0 Å². The van der Waals surface area contributed by atoms with Gasteiger partial charge in [0, 0.05) is 11.8 Å². The molecule has 7 heteroatoms. The van der Waals surface area contributed by atoms with E-state index >= 15 is 0 Å². The Bertz CT molecular complexity index is 484. The molecule has 1 amide bonds. The summed E-state index contributed by atoms with van der Waals surface area (Å²) in [5.74, 6) is -0.584. The number of carboxylic acid groups (broad SMARTS) is 1. The third kappa shape index (κ3) is 4.77. The number of aromatic nitrogens is 2. The van der Waals surface area contributed by atoms with Crippen molar-refractivity contribution in [1.82, 2.24) is 15.3 Å². The minimum Gasteiger partial charge on any atom is -0.477 e. The minimum atomic E-state index is -1.18. The molecular weight excluding hydrogens is 290 g/mol. The first-order valence-electron chi connectivity index (χ1n) is 7.35. The van der Waals surface area contributed by atoms with E-state index in [1.165, 1.54) is 38.4 Å². The highest BCUT2D eigenvalue weighted by molar-refractivity contribution is 7.99. The monoisotopic (exact) mass is 311 g/mol. The van der Waals surface area contributed by atoms with Gasteiger partial charge in [-0.05, 0) is 25.0 Å².